The molecule has 2 fully saturated rings. The van der Waals surface area contributed by atoms with Crippen LogP contribution < -0.4 is 0 Å². The fourth-order valence-corrected chi connectivity index (χ4v) is 2.60. The third-order valence-electron chi connectivity index (χ3n) is 3.47. The topological polar surface area (TPSA) is 20.3 Å². The summed E-state index contributed by atoms with van der Waals surface area (Å²) in [5.74, 6) is 5.28. The third-order valence-corrected chi connectivity index (χ3v) is 3.47. The predicted molar refractivity (Wildman–Crippen MR) is 55.7 cm³/mol. The summed E-state index contributed by atoms with van der Waals surface area (Å²) >= 11 is 0. The number of Topliss-reactive ketones (excluding diaryl/α,β-unsaturated/α-hetero) is 1. The highest BCUT2D eigenvalue weighted by molar-refractivity contribution is 5.75. The zero-order chi connectivity index (χ0) is 10.1. The summed E-state index contributed by atoms with van der Waals surface area (Å²) in [7, 11) is 0. The summed E-state index contributed by atoms with van der Waals surface area (Å²) in [5.41, 5.74) is 0. The molecular formula is C12H17NO. The summed E-state index contributed by atoms with van der Waals surface area (Å²) in [4.78, 5) is 13.2. The number of hydrogen-bond acceptors (Lipinski definition) is 2. The Bertz CT molecular complexity index is 267. The maximum absolute atomic E-state index is 10.7. The summed E-state index contributed by atoms with van der Waals surface area (Å²) in [5, 5.41) is 0. The van der Waals surface area contributed by atoms with Gasteiger partial charge in [0.1, 0.15) is 5.78 Å². The van der Waals surface area contributed by atoms with Crippen LogP contribution in [0.3, 0.4) is 0 Å². The first-order valence-corrected chi connectivity index (χ1v) is 5.40. The minimum Gasteiger partial charge on any atom is -0.303 e. The van der Waals surface area contributed by atoms with E-state index in [1.165, 1.54) is 0 Å². The Labute approximate surface area is 85.7 Å². The van der Waals surface area contributed by atoms with Crippen LogP contribution in [-0.4, -0.2) is 30.3 Å². The third kappa shape index (κ3) is 1.83. The molecule has 2 nitrogen and oxygen atoms in total. The smallest absolute Gasteiger partial charge is 0.129 e. The quantitative estimate of drug-likeness (QED) is 0.622. The Hall–Kier alpha value is -0.810. The number of carbonyl (C=O) groups excluding carboxylic acids is 1. The first-order chi connectivity index (χ1) is 6.72. The van der Waals surface area contributed by atoms with Crippen LogP contribution in [-0.2, 0) is 4.79 Å². The van der Waals surface area contributed by atoms with Crippen molar-refractivity contribution in [1.82, 2.24) is 4.90 Å². The van der Waals surface area contributed by atoms with Crippen molar-refractivity contribution in [3.05, 3.63) is 0 Å². The van der Waals surface area contributed by atoms with Crippen LogP contribution in [0, 0.1) is 30.1 Å². The van der Waals surface area contributed by atoms with Gasteiger partial charge >= 0.3 is 0 Å². The number of carbonyl (C=O) groups is 1. The summed E-state index contributed by atoms with van der Waals surface area (Å²) in [6.07, 6.45) is 7.13. The van der Waals surface area contributed by atoms with Crippen molar-refractivity contribution >= 4 is 5.78 Å². The van der Waals surface area contributed by atoms with E-state index in [1.807, 2.05) is 0 Å². The highest BCUT2D eigenvalue weighted by Gasteiger charge is 2.54. The number of hydrogen-bond donors (Lipinski definition) is 0. The van der Waals surface area contributed by atoms with E-state index in [0.29, 0.717) is 11.7 Å². The lowest BCUT2D eigenvalue weighted by atomic mass is 10.2. The highest BCUT2D eigenvalue weighted by atomic mass is 16.1. The molecule has 1 saturated carbocycles. The summed E-state index contributed by atoms with van der Waals surface area (Å²) < 4.78 is 0. The Morgan fingerprint density at radius 2 is 2.14 bits per heavy atom. The minimum atomic E-state index is 0.302. The fraction of sp³-hybridized carbons (Fsp3) is 0.750. The van der Waals surface area contributed by atoms with Gasteiger partial charge in [-0.3, -0.25) is 0 Å². The predicted octanol–water partition coefficient (Wildman–Crippen LogP) is 1.17. The van der Waals surface area contributed by atoms with Gasteiger partial charge in [0, 0.05) is 25.4 Å². The summed E-state index contributed by atoms with van der Waals surface area (Å²) in [6.45, 7) is 5.06. The molecule has 0 aromatic carbocycles. The minimum absolute atomic E-state index is 0.302. The molecule has 2 rings (SSSR count). The molecule has 1 saturated heterocycles. The Kier molecular flexibility index (Phi) is 2.60. The van der Waals surface area contributed by atoms with Gasteiger partial charge in [-0.05, 0) is 31.7 Å². The molecule has 1 heterocycles. The van der Waals surface area contributed by atoms with Gasteiger partial charge in [-0.2, -0.15) is 0 Å². The molecule has 2 aliphatic rings. The molecule has 3 atom stereocenters. The van der Waals surface area contributed by atoms with Crippen LogP contribution in [0.25, 0.3) is 0 Å². The van der Waals surface area contributed by atoms with Crippen LogP contribution in [0.5, 0.6) is 0 Å². The molecule has 1 unspecified atom stereocenters. The van der Waals surface area contributed by atoms with E-state index in [1.54, 1.807) is 6.92 Å². The lowest BCUT2D eigenvalue weighted by molar-refractivity contribution is -0.117. The van der Waals surface area contributed by atoms with Crippen molar-refractivity contribution in [3.8, 4) is 12.3 Å². The second kappa shape index (κ2) is 3.74. The van der Waals surface area contributed by atoms with Crippen molar-refractivity contribution < 1.29 is 4.79 Å². The van der Waals surface area contributed by atoms with E-state index in [2.05, 4.69) is 10.8 Å². The molecule has 0 spiro atoms. The molecule has 2 heteroatoms. The second-order valence-electron chi connectivity index (χ2n) is 4.59. The molecule has 0 amide bonds. The van der Waals surface area contributed by atoms with Crippen molar-refractivity contribution in [2.75, 3.05) is 19.6 Å². The van der Waals surface area contributed by atoms with E-state index in [4.69, 9.17) is 6.42 Å². The van der Waals surface area contributed by atoms with Gasteiger partial charge in [0.2, 0.25) is 0 Å². The standard InChI is InChI=1S/C12H17NO/c1-3-10-11-7-13(8-12(10)11)6-4-5-9(2)14/h1,10-12H,4-8H2,2H3/t10?,11-,12+. The zero-order valence-electron chi connectivity index (χ0n) is 8.70. The van der Waals surface area contributed by atoms with E-state index < -0.39 is 0 Å². The molecule has 0 radical (unpaired) electrons. The van der Waals surface area contributed by atoms with E-state index in [9.17, 15) is 4.79 Å². The Morgan fingerprint density at radius 3 is 2.64 bits per heavy atom. The van der Waals surface area contributed by atoms with E-state index in [-0.39, 0.29) is 0 Å². The van der Waals surface area contributed by atoms with Crippen LogP contribution >= 0.6 is 0 Å². The molecule has 1 aliphatic heterocycles. The molecule has 14 heavy (non-hydrogen) atoms. The van der Waals surface area contributed by atoms with Gasteiger partial charge in [-0.25, -0.2) is 0 Å². The van der Waals surface area contributed by atoms with E-state index >= 15 is 0 Å². The van der Waals surface area contributed by atoms with Gasteiger partial charge in [-0.1, -0.05) is 0 Å². The largest absolute Gasteiger partial charge is 0.303 e. The van der Waals surface area contributed by atoms with Crippen molar-refractivity contribution in [1.29, 1.82) is 0 Å². The van der Waals surface area contributed by atoms with Crippen molar-refractivity contribution in [3.63, 3.8) is 0 Å². The lowest BCUT2D eigenvalue weighted by Gasteiger charge is -2.17. The highest BCUT2D eigenvalue weighted by Crippen LogP contribution is 2.51. The first kappa shape index (κ1) is 9.73. The maximum atomic E-state index is 10.7. The SMILES string of the molecule is C#CC1[C@H]2CN(CCCC(C)=O)C[C@@H]12. The average molecular weight is 191 g/mol. The van der Waals surface area contributed by atoms with Gasteiger partial charge in [0.05, 0.1) is 0 Å². The average Bonchev–Trinajstić information content (AvgIpc) is 2.60. The number of rotatable bonds is 4. The van der Waals surface area contributed by atoms with E-state index in [0.717, 1.165) is 44.3 Å². The second-order valence-corrected chi connectivity index (χ2v) is 4.59. The molecule has 76 valence electrons. The number of nitrogens with zero attached hydrogens (tertiary/aromatic N) is 1. The number of terminal acetylenes is 1. The Morgan fingerprint density at radius 1 is 1.50 bits per heavy atom. The maximum Gasteiger partial charge on any atom is 0.129 e. The normalized spacial score (nSPS) is 35.0. The number of piperidine rings is 1. The van der Waals surface area contributed by atoms with Crippen molar-refractivity contribution in [2.45, 2.75) is 19.8 Å². The van der Waals surface area contributed by atoms with Crippen LogP contribution in [0.2, 0.25) is 0 Å². The molecule has 1 aliphatic carbocycles. The first-order valence-electron chi connectivity index (χ1n) is 5.40. The molecule has 0 aromatic rings. The zero-order valence-corrected chi connectivity index (χ0v) is 8.70. The molecule has 0 aromatic heterocycles. The molecule has 0 bridgehead atoms. The van der Waals surface area contributed by atoms with Crippen LogP contribution in [0.15, 0.2) is 0 Å². The number of likely N-dealkylation sites (tertiary alicyclic amines) is 1. The monoisotopic (exact) mass is 191 g/mol. The van der Waals surface area contributed by atoms with Gasteiger partial charge in [0.15, 0.2) is 0 Å². The van der Waals surface area contributed by atoms with Crippen LogP contribution in [0.4, 0.5) is 0 Å². The Balaban J connectivity index is 1.64. The number of fused-ring (bicyclic) bond motifs is 1. The molecule has 0 N–H and O–H groups in total. The lowest BCUT2D eigenvalue weighted by Crippen LogP contribution is -2.25. The van der Waals surface area contributed by atoms with Gasteiger partial charge < -0.3 is 9.69 Å². The molecular weight excluding hydrogens is 174 g/mol. The van der Waals surface area contributed by atoms with Crippen LogP contribution in [0.1, 0.15) is 19.8 Å². The van der Waals surface area contributed by atoms with Gasteiger partial charge in [-0.15, -0.1) is 12.3 Å². The number of ketones is 1. The fourth-order valence-electron chi connectivity index (χ4n) is 2.60. The van der Waals surface area contributed by atoms with Gasteiger partial charge in [0.25, 0.3) is 0 Å². The van der Waals surface area contributed by atoms with Crippen molar-refractivity contribution in [2.24, 2.45) is 17.8 Å². The summed E-state index contributed by atoms with van der Waals surface area (Å²) in [6, 6.07) is 0.